The van der Waals surface area contributed by atoms with Crippen LogP contribution >= 0.6 is 0 Å². The largest absolute Gasteiger partial charge is 0.480 e. The smallest absolute Gasteiger partial charge is 0.321 e. The fourth-order valence-corrected chi connectivity index (χ4v) is 2.67. The second-order valence-electron chi connectivity index (χ2n) is 7.84. The summed E-state index contributed by atoms with van der Waals surface area (Å²) in [4.78, 5) is 46.9. The number of carbonyl (C=O) groups is 4. The number of carboxylic acid groups (broad SMARTS) is 1. The normalized spacial score (nSPS) is 12.7. The molecule has 178 valence electrons. The summed E-state index contributed by atoms with van der Waals surface area (Å²) >= 11 is 0. The highest BCUT2D eigenvalue weighted by Gasteiger charge is 2.21. The van der Waals surface area contributed by atoms with Crippen LogP contribution in [0.3, 0.4) is 0 Å². The zero-order valence-corrected chi connectivity index (χ0v) is 19.3. The number of ether oxygens (including phenoxy) is 3. The summed E-state index contributed by atoms with van der Waals surface area (Å²) in [5.41, 5.74) is 0.560. The number of aliphatic carboxylic acids is 1. The average molecular weight is 452 g/mol. The molecule has 0 heterocycles. The summed E-state index contributed by atoms with van der Waals surface area (Å²) in [6.45, 7) is 8.92. The molecular weight excluding hydrogens is 418 g/mol. The van der Waals surface area contributed by atoms with Crippen LogP contribution in [0, 0.1) is 5.92 Å². The van der Waals surface area contributed by atoms with Crippen LogP contribution < -0.4 is 14.8 Å². The average Bonchev–Trinajstić information content (AvgIpc) is 2.71. The van der Waals surface area contributed by atoms with Crippen LogP contribution in [0.4, 0.5) is 0 Å². The minimum atomic E-state index is -1.08. The van der Waals surface area contributed by atoms with Crippen molar-refractivity contribution in [2.24, 2.45) is 5.92 Å². The standard InChI is InChI=1S/C23H33NO8/c1-6-20(25)31-18-9-8-16(12-19(18)32-21(26)7-2)11-17(23(28)29)24-13-15(5)30-22(27)10-14(3)4/h8-9,12,14-15,17,24H,6-7,10-11,13H2,1-5H3,(H,28,29)/t15?,17-/m0/s1. The monoisotopic (exact) mass is 451 g/mol. The molecule has 0 bridgehead atoms. The third-order valence-corrected chi connectivity index (χ3v) is 4.33. The van der Waals surface area contributed by atoms with Crippen molar-refractivity contribution >= 4 is 23.9 Å². The molecule has 0 saturated carbocycles. The third kappa shape index (κ3) is 9.91. The Balaban J connectivity index is 2.88. The molecule has 1 unspecified atom stereocenters. The second-order valence-corrected chi connectivity index (χ2v) is 7.84. The SMILES string of the molecule is CCC(=O)Oc1ccc(C[C@H](NCC(C)OC(=O)CC(C)C)C(=O)O)cc1OC(=O)CC. The van der Waals surface area contributed by atoms with E-state index >= 15 is 0 Å². The first kappa shape index (κ1) is 27.1. The van der Waals surface area contributed by atoms with Crippen LogP contribution in [-0.2, 0) is 30.3 Å². The van der Waals surface area contributed by atoms with Gasteiger partial charge < -0.3 is 24.6 Å². The third-order valence-electron chi connectivity index (χ3n) is 4.33. The number of benzene rings is 1. The first-order chi connectivity index (χ1) is 15.0. The highest BCUT2D eigenvalue weighted by Crippen LogP contribution is 2.30. The fraction of sp³-hybridized carbons (Fsp3) is 0.565. The van der Waals surface area contributed by atoms with Crippen molar-refractivity contribution in [1.29, 1.82) is 0 Å². The van der Waals surface area contributed by atoms with Gasteiger partial charge in [-0.2, -0.15) is 0 Å². The van der Waals surface area contributed by atoms with Gasteiger partial charge >= 0.3 is 23.9 Å². The molecule has 0 aliphatic heterocycles. The van der Waals surface area contributed by atoms with E-state index in [0.29, 0.717) is 12.0 Å². The Bertz CT molecular complexity index is 805. The molecule has 32 heavy (non-hydrogen) atoms. The summed E-state index contributed by atoms with van der Waals surface area (Å²) in [6, 6.07) is 3.58. The van der Waals surface area contributed by atoms with Crippen molar-refractivity contribution in [3.63, 3.8) is 0 Å². The number of hydrogen-bond acceptors (Lipinski definition) is 8. The molecule has 0 spiro atoms. The van der Waals surface area contributed by atoms with E-state index in [1.54, 1.807) is 26.8 Å². The second kappa shape index (κ2) is 13.5. The highest BCUT2D eigenvalue weighted by atomic mass is 16.6. The van der Waals surface area contributed by atoms with E-state index in [1.807, 2.05) is 13.8 Å². The Morgan fingerprint density at radius 1 is 0.938 bits per heavy atom. The molecule has 0 amide bonds. The number of carbonyl (C=O) groups excluding carboxylic acids is 3. The van der Waals surface area contributed by atoms with Gasteiger partial charge in [-0.25, -0.2) is 0 Å². The highest BCUT2D eigenvalue weighted by molar-refractivity contribution is 5.76. The van der Waals surface area contributed by atoms with E-state index in [-0.39, 0.29) is 49.2 Å². The minimum absolute atomic E-state index is 0.0521. The van der Waals surface area contributed by atoms with Gasteiger partial charge in [0.25, 0.3) is 0 Å². The van der Waals surface area contributed by atoms with Crippen LogP contribution in [0.25, 0.3) is 0 Å². The first-order valence-electron chi connectivity index (χ1n) is 10.8. The van der Waals surface area contributed by atoms with E-state index in [1.165, 1.54) is 12.1 Å². The molecular formula is C23H33NO8. The molecule has 0 radical (unpaired) electrons. The molecule has 0 fully saturated rings. The summed E-state index contributed by atoms with van der Waals surface area (Å²) < 4.78 is 15.7. The maximum Gasteiger partial charge on any atom is 0.321 e. The van der Waals surface area contributed by atoms with E-state index in [9.17, 15) is 24.3 Å². The van der Waals surface area contributed by atoms with Crippen molar-refractivity contribution in [2.45, 2.75) is 72.4 Å². The van der Waals surface area contributed by atoms with Crippen LogP contribution in [0.2, 0.25) is 0 Å². The predicted octanol–water partition coefficient (Wildman–Crippen LogP) is 2.88. The van der Waals surface area contributed by atoms with Crippen molar-refractivity contribution in [3.05, 3.63) is 23.8 Å². The van der Waals surface area contributed by atoms with Gasteiger partial charge in [0.15, 0.2) is 11.5 Å². The van der Waals surface area contributed by atoms with E-state index in [4.69, 9.17) is 14.2 Å². The zero-order chi connectivity index (χ0) is 24.3. The quantitative estimate of drug-likeness (QED) is 0.343. The Labute approximate surface area is 188 Å². The van der Waals surface area contributed by atoms with Crippen molar-refractivity contribution < 1.29 is 38.5 Å². The Kier molecular flexibility index (Phi) is 11.4. The fourth-order valence-electron chi connectivity index (χ4n) is 2.67. The molecule has 0 saturated heterocycles. The van der Waals surface area contributed by atoms with Crippen molar-refractivity contribution in [2.75, 3.05) is 6.54 Å². The molecule has 1 aromatic rings. The van der Waals surface area contributed by atoms with Gasteiger partial charge in [-0.05, 0) is 37.0 Å². The van der Waals surface area contributed by atoms with Gasteiger partial charge in [0.2, 0.25) is 0 Å². The van der Waals surface area contributed by atoms with Crippen molar-refractivity contribution in [3.8, 4) is 11.5 Å². The molecule has 0 aliphatic carbocycles. The molecule has 2 N–H and O–H groups in total. The lowest BCUT2D eigenvalue weighted by Gasteiger charge is -2.19. The van der Waals surface area contributed by atoms with Crippen LogP contribution in [0.1, 0.15) is 59.4 Å². The number of carboxylic acids is 1. The van der Waals surface area contributed by atoms with E-state index < -0.39 is 30.1 Å². The molecule has 0 aliphatic rings. The lowest BCUT2D eigenvalue weighted by Crippen LogP contribution is -2.42. The molecule has 9 heteroatoms. The van der Waals surface area contributed by atoms with Gasteiger partial charge in [0.1, 0.15) is 12.1 Å². The lowest BCUT2D eigenvalue weighted by atomic mass is 10.0. The number of nitrogens with one attached hydrogen (secondary N) is 1. The lowest BCUT2D eigenvalue weighted by molar-refractivity contribution is -0.149. The van der Waals surface area contributed by atoms with E-state index in [0.717, 1.165) is 0 Å². The van der Waals surface area contributed by atoms with Crippen LogP contribution in [0.15, 0.2) is 18.2 Å². The Morgan fingerprint density at radius 2 is 1.53 bits per heavy atom. The number of rotatable bonds is 13. The van der Waals surface area contributed by atoms with E-state index in [2.05, 4.69) is 5.32 Å². The first-order valence-corrected chi connectivity index (χ1v) is 10.8. The predicted molar refractivity (Wildman–Crippen MR) is 116 cm³/mol. The molecule has 9 nitrogen and oxygen atoms in total. The summed E-state index contributed by atoms with van der Waals surface area (Å²) in [7, 11) is 0. The van der Waals surface area contributed by atoms with Gasteiger partial charge in [-0.1, -0.05) is 33.8 Å². The molecule has 2 atom stereocenters. The van der Waals surface area contributed by atoms with Crippen LogP contribution in [-0.4, -0.2) is 47.7 Å². The Hall–Kier alpha value is -2.94. The molecule has 1 rings (SSSR count). The van der Waals surface area contributed by atoms with Gasteiger partial charge in [0.05, 0.1) is 0 Å². The zero-order valence-electron chi connectivity index (χ0n) is 19.3. The maximum atomic E-state index is 11.8. The minimum Gasteiger partial charge on any atom is -0.480 e. The Morgan fingerprint density at radius 3 is 2.06 bits per heavy atom. The number of hydrogen-bond donors (Lipinski definition) is 2. The maximum absolute atomic E-state index is 11.8. The van der Waals surface area contributed by atoms with Gasteiger partial charge in [-0.15, -0.1) is 0 Å². The summed E-state index contributed by atoms with van der Waals surface area (Å²) in [5.74, 6) is -2.10. The van der Waals surface area contributed by atoms with Crippen LogP contribution in [0.5, 0.6) is 11.5 Å². The number of esters is 3. The molecule has 0 aromatic heterocycles. The molecule has 1 aromatic carbocycles. The van der Waals surface area contributed by atoms with Gasteiger partial charge in [0, 0.05) is 25.8 Å². The van der Waals surface area contributed by atoms with Crippen molar-refractivity contribution in [1.82, 2.24) is 5.32 Å². The topological polar surface area (TPSA) is 128 Å². The summed E-state index contributed by atoms with van der Waals surface area (Å²) in [5, 5.41) is 12.5. The summed E-state index contributed by atoms with van der Waals surface area (Å²) in [6.07, 6.45) is 0.132. The van der Waals surface area contributed by atoms with Gasteiger partial charge in [-0.3, -0.25) is 19.2 Å².